The lowest BCUT2D eigenvalue weighted by Crippen LogP contribution is -2.28. The second-order valence-corrected chi connectivity index (χ2v) is 6.76. The summed E-state index contributed by atoms with van der Waals surface area (Å²) in [6.07, 6.45) is 0. The van der Waals surface area contributed by atoms with Gasteiger partial charge in [0.15, 0.2) is 5.82 Å². The number of aromatic amines is 1. The number of carbonyl (C=O) groups excluding carboxylic acids is 1. The fourth-order valence-electron chi connectivity index (χ4n) is 3.09. The lowest BCUT2D eigenvalue weighted by molar-refractivity contribution is 0.251. The molecule has 144 valence electrons. The van der Waals surface area contributed by atoms with E-state index in [9.17, 15) is 4.79 Å². The Morgan fingerprint density at radius 1 is 1.21 bits per heavy atom. The van der Waals surface area contributed by atoms with E-state index in [4.69, 9.17) is 5.26 Å². The van der Waals surface area contributed by atoms with Crippen molar-refractivity contribution in [1.29, 1.82) is 5.26 Å². The summed E-state index contributed by atoms with van der Waals surface area (Å²) in [6, 6.07) is 16.6. The number of aromatic nitrogens is 4. The van der Waals surface area contributed by atoms with Gasteiger partial charge in [0.2, 0.25) is 0 Å². The van der Waals surface area contributed by atoms with Gasteiger partial charge in [0.05, 0.1) is 34.9 Å². The first-order valence-electron chi connectivity index (χ1n) is 9.09. The Balaban J connectivity index is 1.42. The Morgan fingerprint density at radius 3 is 2.90 bits per heavy atom. The Morgan fingerprint density at radius 2 is 2.07 bits per heavy atom. The number of amides is 2. The number of nitrogens with zero attached hydrogens (tertiary/aromatic N) is 4. The maximum absolute atomic E-state index is 12.3. The van der Waals surface area contributed by atoms with Crippen LogP contribution in [0.3, 0.4) is 0 Å². The fourth-order valence-corrected chi connectivity index (χ4v) is 3.09. The topological polar surface area (TPSA) is 111 Å². The molecule has 0 radical (unpaired) electrons. The SMILES string of the molecule is Cc1ccc2nc(CNC(=O)Nc3cc(C)n(-c4cccc(C#N)c4)n3)[nH]c2c1. The molecular weight excluding hydrogens is 366 g/mol. The number of nitrogens with one attached hydrogen (secondary N) is 3. The average molecular weight is 385 g/mol. The number of fused-ring (bicyclic) bond motifs is 1. The molecule has 0 saturated carbocycles. The van der Waals surface area contributed by atoms with Crippen LogP contribution < -0.4 is 10.6 Å². The number of benzene rings is 2. The molecule has 4 aromatic rings. The number of hydrogen-bond donors (Lipinski definition) is 3. The highest BCUT2D eigenvalue weighted by molar-refractivity contribution is 5.88. The number of imidazole rings is 1. The van der Waals surface area contributed by atoms with Gasteiger partial charge in [0, 0.05) is 11.8 Å². The number of H-pyrrole nitrogens is 1. The Kier molecular flexibility index (Phi) is 4.71. The molecule has 2 aromatic heterocycles. The predicted molar refractivity (Wildman–Crippen MR) is 110 cm³/mol. The third kappa shape index (κ3) is 3.94. The molecule has 8 heteroatoms. The molecule has 0 saturated heterocycles. The molecule has 0 aliphatic rings. The second kappa shape index (κ2) is 7.48. The van der Waals surface area contributed by atoms with E-state index in [0.717, 1.165) is 28.0 Å². The molecule has 0 spiro atoms. The molecule has 0 unspecified atom stereocenters. The van der Waals surface area contributed by atoms with Crippen LogP contribution in [-0.4, -0.2) is 25.8 Å². The van der Waals surface area contributed by atoms with Gasteiger partial charge in [-0.2, -0.15) is 5.26 Å². The zero-order chi connectivity index (χ0) is 20.4. The van der Waals surface area contributed by atoms with Gasteiger partial charge < -0.3 is 10.3 Å². The number of hydrogen-bond acceptors (Lipinski definition) is 4. The quantitative estimate of drug-likeness (QED) is 0.499. The number of anilines is 1. The molecule has 0 fully saturated rings. The highest BCUT2D eigenvalue weighted by Crippen LogP contribution is 2.16. The highest BCUT2D eigenvalue weighted by Gasteiger charge is 2.10. The van der Waals surface area contributed by atoms with Gasteiger partial charge in [-0.15, -0.1) is 5.10 Å². The maximum atomic E-state index is 12.3. The van der Waals surface area contributed by atoms with Crippen LogP contribution in [0.5, 0.6) is 0 Å². The summed E-state index contributed by atoms with van der Waals surface area (Å²) in [6.45, 7) is 4.17. The minimum absolute atomic E-state index is 0.267. The van der Waals surface area contributed by atoms with Crippen LogP contribution in [0.1, 0.15) is 22.6 Å². The molecule has 2 aromatic carbocycles. The first-order chi connectivity index (χ1) is 14.0. The van der Waals surface area contributed by atoms with E-state index in [2.05, 4.69) is 31.8 Å². The number of carbonyl (C=O) groups is 1. The van der Waals surface area contributed by atoms with Crippen LogP contribution >= 0.6 is 0 Å². The monoisotopic (exact) mass is 385 g/mol. The molecule has 0 aliphatic heterocycles. The van der Waals surface area contributed by atoms with Crippen molar-refractivity contribution in [3.05, 3.63) is 71.2 Å². The van der Waals surface area contributed by atoms with E-state index in [1.807, 2.05) is 38.1 Å². The summed E-state index contributed by atoms with van der Waals surface area (Å²) in [5, 5.41) is 19.0. The van der Waals surface area contributed by atoms with Crippen LogP contribution in [0.15, 0.2) is 48.5 Å². The smallest absolute Gasteiger partial charge is 0.320 e. The van der Waals surface area contributed by atoms with Crippen LogP contribution in [0.4, 0.5) is 10.6 Å². The fraction of sp³-hybridized carbons (Fsp3) is 0.143. The van der Waals surface area contributed by atoms with Gasteiger partial charge in [-0.05, 0) is 49.7 Å². The van der Waals surface area contributed by atoms with Crippen molar-refractivity contribution >= 4 is 22.9 Å². The van der Waals surface area contributed by atoms with Crippen molar-refractivity contribution in [1.82, 2.24) is 25.1 Å². The minimum Gasteiger partial charge on any atom is -0.340 e. The summed E-state index contributed by atoms with van der Waals surface area (Å²) in [5.74, 6) is 1.10. The van der Waals surface area contributed by atoms with E-state index in [1.165, 1.54) is 0 Å². The lowest BCUT2D eigenvalue weighted by Gasteiger charge is -2.05. The van der Waals surface area contributed by atoms with E-state index >= 15 is 0 Å². The summed E-state index contributed by atoms with van der Waals surface area (Å²) in [5.41, 5.74) is 5.09. The van der Waals surface area contributed by atoms with E-state index in [0.29, 0.717) is 17.2 Å². The Hall–Kier alpha value is -4.12. The van der Waals surface area contributed by atoms with Crippen molar-refractivity contribution in [2.75, 3.05) is 5.32 Å². The molecule has 29 heavy (non-hydrogen) atoms. The predicted octanol–water partition coefficient (Wildman–Crippen LogP) is 3.56. The van der Waals surface area contributed by atoms with Crippen molar-refractivity contribution < 1.29 is 4.79 Å². The molecule has 0 aliphatic carbocycles. The Bertz CT molecular complexity index is 1250. The first kappa shape index (κ1) is 18.3. The average Bonchev–Trinajstić information content (AvgIpc) is 3.28. The van der Waals surface area contributed by atoms with E-state index in [1.54, 1.807) is 28.9 Å². The lowest BCUT2D eigenvalue weighted by atomic mass is 10.2. The molecule has 3 N–H and O–H groups in total. The Labute approximate surface area is 167 Å². The van der Waals surface area contributed by atoms with Crippen LogP contribution in [-0.2, 0) is 6.54 Å². The van der Waals surface area contributed by atoms with Gasteiger partial charge in [-0.3, -0.25) is 5.32 Å². The molecule has 2 amide bonds. The number of nitriles is 1. The van der Waals surface area contributed by atoms with Crippen molar-refractivity contribution in [2.24, 2.45) is 0 Å². The molecule has 4 rings (SSSR count). The summed E-state index contributed by atoms with van der Waals surface area (Å²) in [4.78, 5) is 19.9. The van der Waals surface area contributed by atoms with Crippen LogP contribution in [0.25, 0.3) is 16.7 Å². The molecule has 0 bridgehead atoms. The number of rotatable bonds is 4. The van der Waals surface area contributed by atoms with Crippen molar-refractivity contribution in [3.63, 3.8) is 0 Å². The van der Waals surface area contributed by atoms with E-state index < -0.39 is 0 Å². The van der Waals surface area contributed by atoms with Crippen LogP contribution in [0, 0.1) is 25.2 Å². The van der Waals surface area contributed by atoms with Gasteiger partial charge in [-0.25, -0.2) is 14.5 Å². The molecular formula is C21H19N7O. The van der Waals surface area contributed by atoms with Crippen LogP contribution in [0.2, 0.25) is 0 Å². The largest absolute Gasteiger partial charge is 0.340 e. The van der Waals surface area contributed by atoms with Crippen molar-refractivity contribution in [3.8, 4) is 11.8 Å². The molecule has 2 heterocycles. The van der Waals surface area contributed by atoms with Gasteiger partial charge in [-0.1, -0.05) is 12.1 Å². The number of aryl methyl sites for hydroxylation is 2. The highest BCUT2D eigenvalue weighted by atomic mass is 16.2. The standard InChI is InChI=1S/C21H19N7O/c1-13-6-7-17-18(8-13)25-20(24-17)12-23-21(29)26-19-9-14(2)28(27-19)16-5-3-4-15(10-16)11-22/h3-10H,12H2,1-2H3,(H,24,25)(H2,23,26,27,29). The van der Waals surface area contributed by atoms with Crippen molar-refractivity contribution in [2.45, 2.75) is 20.4 Å². The normalized spacial score (nSPS) is 10.7. The van der Waals surface area contributed by atoms with Gasteiger partial charge >= 0.3 is 6.03 Å². The third-order valence-corrected chi connectivity index (χ3v) is 4.45. The first-order valence-corrected chi connectivity index (χ1v) is 9.09. The van der Waals surface area contributed by atoms with Gasteiger partial charge in [0.1, 0.15) is 5.82 Å². The zero-order valence-corrected chi connectivity index (χ0v) is 16.0. The van der Waals surface area contributed by atoms with Gasteiger partial charge in [0.25, 0.3) is 0 Å². The third-order valence-electron chi connectivity index (χ3n) is 4.45. The maximum Gasteiger partial charge on any atom is 0.320 e. The molecule has 0 atom stereocenters. The zero-order valence-electron chi connectivity index (χ0n) is 16.0. The summed E-state index contributed by atoms with van der Waals surface area (Å²) in [7, 11) is 0. The second-order valence-electron chi connectivity index (χ2n) is 6.76. The van der Waals surface area contributed by atoms with E-state index in [-0.39, 0.29) is 12.6 Å². The number of urea groups is 1. The molecule has 8 nitrogen and oxygen atoms in total. The summed E-state index contributed by atoms with van der Waals surface area (Å²) < 4.78 is 1.68. The summed E-state index contributed by atoms with van der Waals surface area (Å²) >= 11 is 0. The minimum atomic E-state index is -0.378.